The number of hydrazine groups is 1. The third-order valence-electron chi connectivity index (χ3n) is 2.06. The maximum atomic E-state index is 10.9. The number of nitrogens with one attached hydrogen (secondary N) is 1. The van der Waals surface area contributed by atoms with Gasteiger partial charge in [0, 0.05) is 11.1 Å². The monoisotopic (exact) mass is 301 g/mol. The molecule has 0 aliphatic carbocycles. The van der Waals surface area contributed by atoms with E-state index in [1.165, 1.54) is 29.5 Å². The number of nitro benzene ring substituents is 1. The maximum Gasteiger partial charge on any atom is 0.312 e. The molecule has 100 valence electrons. The van der Waals surface area contributed by atoms with Gasteiger partial charge in [-0.25, -0.2) is 5.84 Å². The molecule has 1 aromatic carbocycles. The van der Waals surface area contributed by atoms with Gasteiger partial charge in [0.2, 0.25) is 5.13 Å². The van der Waals surface area contributed by atoms with Gasteiger partial charge >= 0.3 is 5.69 Å². The number of anilines is 1. The third kappa shape index (κ3) is 3.28. The number of nitrogen functional groups attached to an aromatic ring is 1. The lowest BCUT2D eigenvalue weighted by atomic mass is 10.3. The molecule has 1 heterocycles. The van der Waals surface area contributed by atoms with Gasteiger partial charge in [-0.3, -0.25) is 15.5 Å². The number of nitro groups is 1. The number of benzene rings is 1. The Morgan fingerprint density at radius 3 is 2.95 bits per heavy atom. The Morgan fingerprint density at radius 2 is 2.32 bits per heavy atom. The van der Waals surface area contributed by atoms with Crippen LogP contribution in [0.2, 0.25) is 5.02 Å². The Bertz CT molecular complexity index is 605. The van der Waals surface area contributed by atoms with Crippen LogP contribution in [0.1, 0.15) is 5.01 Å². The van der Waals surface area contributed by atoms with Gasteiger partial charge in [0.1, 0.15) is 6.61 Å². The van der Waals surface area contributed by atoms with Crippen LogP contribution < -0.4 is 16.0 Å². The van der Waals surface area contributed by atoms with E-state index in [4.69, 9.17) is 22.2 Å². The Kier molecular flexibility index (Phi) is 4.10. The zero-order valence-electron chi connectivity index (χ0n) is 9.37. The molecule has 0 saturated carbocycles. The lowest BCUT2D eigenvalue weighted by Crippen LogP contribution is -2.05. The lowest BCUT2D eigenvalue weighted by molar-refractivity contribution is -0.385. The molecule has 2 aromatic rings. The average Bonchev–Trinajstić information content (AvgIpc) is 2.85. The van der Waals surface area contributed by atoms with Crippen LogP contribution in [0, 0.1) is 10.1 Å². The highest BCUT2D eigenvalue weighted by Gasteiger charge is 2.16. The van der Waals surface area contributed by atoms with E-state index in [1.807, 2.05) is 0 Å². The number of nitrogens with two attached hydrogens (primary N) is 1. The highest BCUT2D eigenvalue weighted by molar-refractivity contribution is 7.15. The molecule has 0 bridgehead atoms. The van der Waals surface area contributed by atoms with Crippen molar-refractivity contribution in [3.8, 4) is 5.75 Å². The third-order valence-corrected chi connectivity index (χ3v) is 3.12. The molecule has 0 aliphatic heterocycles. The molecule has 1 aromatic heterocycles. The first-order valence-electron chi connectivity index (χ1n) is 4.96. The number of nitrogens with zero attached hydrogens (tertiary/aromatic N) is 3. The number of hydrogen-bond acceptors (Lipinski definition) is 8. The molecule has 8 nitrogen and oxygen atoms in total. The minimum absolute atomic E-state index is 0.0574. The molecule has 2 rings (SSSR count). The van der Waals surface area contributed by atoms with Gasteiger partial charge in [0.25, 0.3) is 0 Å². The van der Waals surface area contributed by atoms with E-state index in [9.17, 15) is 10.1 Å². The summed E-state index contributed by atoms with van der Waals surface area (Å²) < 4.78 is 5.34. The fraction of sp³-hybridized carbons (Fsp3) is 0.111. The molecule has 0 spiro atoms. The van der Waals surface area contributed by atoms with Crippen molar-refractivity contribution in [3.63, 3.8) is 0 Å². The van der Waals surface area contributed by atoms with Crippen molar-refractivity contribution in [2.75, 3.05) is 5.43 Å². The van der Waals surface area contributed by atoms with Crippen LogP contribution >= 0.6 is 22.9 Å². The van der Waals surface area contributed by atoms with Gasteiger partial charge in [-0.1, -0.05) is 22.9 Å². The fourth-order valence-electron chi connectivity index (χ4n) is 1.27. The summed E-state index contributed by atoms with van der Waals surface area (Å²) in [7, 11) is 0. The van der Waals surface area contributed by atoms with Crippen LogP contribution in [0.25, 0.3) is 0 Å². The first-order chi connectivity index (χ1) is 9.10. The second-order valence-corrected chi connectivity index (χ2v) is 4.80. The summed E-state index contributed by atoms with van der Waals surface area (Å²) in [6.07, 6.45) is 0. The topological polar surface area (TPSA) is 116 Å². The van der Waals surface area contributed by atoms with Crippen molar-refractivity contribution in [2.24, 2.45) is 5.84 Å². The van der Waals surface area contributed by atoms with E-state index in [0.717, 1.165) is 0 Å². The SMILES string of the molecule is NNc1nnc(COc2ccc(Cl)cc2[N+](=O)[O-])s1. The molecule has 0 radical (unpaired) electrons. The van der Waals surface area contributed by atoms with Gasteiger partial charge in [0.05, 0.1) is 4.92 Å². The van der Waals surface area contributed by atoms with E-state index in [-0.39, 0.29) is 23.1 Å². The maximum absolute atomic E-state index is 10.9. The molecule has 0 saturated heterocycles. The minimum atomic E-state index is -0.561. The zero-order chi connectivity index (χ0) is 13.8. The Morgan fingerprint density at radius 1 is 1.53 bits per heavy atom. The minimum Gasteiger partial charge on any atom is -0.479 e. The second-order valence-electron chi connectivity index (χ2n) is 3.30. The first kappa shape index (κ1) is 13.5. The predicted octanol–water partition coefficient (Wildman–Crippen LogP) is 1.96. The largest absolute Gasteiger partial charge is 0.479 e. The quantitative estimate of drug-likeness (QED) is 0.492. The van der Waals surface area contributed by atoms with Crippen LogP contribution in [0.5, 0.6) is 5.75 Å². The highest BCUT2D eigenvalue weighted by Crippen LogP contribution is 2.30. The summed E-state index contributed by atoms with van der Waals surface area (Å²) >= 11 is 6.89. The summed E-state index contributed by atoms with van der Waals surface area (Å²) in [6, 6.07) is 4.17. The van der Waals surface area contributed by atoms with E-state index in [2.05, 4.69) is 15.6 Å². The number of hydrogen-bond donors (Lipinski definition) is 2. The Hall–Kier alpha value is -1.97. The first-order valence-corrected chi connectivity index (χ1v) is 6.15. The van der Waals surface area contributed by atoms with Crippen LogP contribution in [-0.2, 0) is 6.61 Å². The Balaban J connectivity index is 2.12. The normalized spacial score (nSPS) is 10.2. The Labute approximate surface area is 116 Å². The van der Waals surface area contributed by atoms with Crippen molar-refractivity contribution in [1.82, 2.24) is 10.2 Å². The summed E-state index contributed by atoms with van der Waals surface area (Å²) in [5.41, 5.74) is 2.15. The molecular weight excluding hydrogens is 294 g/mol. The second kappa shape index (κ2) is 5.78. The molecule has 0 unspecified atom stereocenters. The summed E-state index contributed by atoms with van der Waals surface area (Å²) in [4.78, 5) is 10.3. The van der Waals surface area contributed by atoms with Crippen molar-refractivity contribution < 1.29 is 9.66 Å². The zero-order valence-corrected chi connectivity index (χ0v) is 10.9. The standard InChI is InChI=1S/C9H8ClN5O3S/c10-5-1-2-7(6(3-5)15(16)17)18-4-8-13-14-9(12-11)19-8/h1-3H,4,11H2,(H,12,14). The van der Waals surface area contributed by atoms with E-state index in [0.29, 0.717) is 10.1 Å². The van der Waals surface area contributed by atoms with Crippen molar-refractivity contribution in [2.45, 2.75) is 6.61 Å². The van der Waals surface area contributed by atoms with Crippen molar-refractivity contribution >= 4 is 33.8 Å². The van der Waals surface area contributed by atoms with Crippen LogP contribution in [0.4, 0.5) is 10.8 Å². The van der Waals surface area contributed by atoms with Crippen LogP contribution in [-0.4, -0.2) is 15.1 Å². The van der Waals surface area contributed by atoms with Gasteiger partial charge in [-0.2, -0.15) is 0 Å². The van der Waals surface area contributed by atoms with Crippen LogP contribution in [0.3, 0.4) is 0 Å². The predicted molar refractivity (Wildman–Crippen MR) is 70.2 cm³/mol. The number of halogens is 1. The van der Waals surface area contributed by atoms with Crippen LogP contribution in [0.15, 0.2) is 18.2 Å². The molecule has 0 fully saturated rings. The summed E-state index contributed by atoms with van der Waals surface area (Å²) in [6.45, 7) is 0.0574. The number of rotatable bonds is 5. The molecule has 0 atom stereocenters. The summed E-state index contributed by atoms with van der Waals surface area (Å²) in [5, 5.41) is 19.6. The number of ether oxygens (including phenoxy) is 1. The number of aromatic nitrogens is 2. The lowest BCUT2D eigenvalue weighted by Gasteiger charge is -2.04. The van der Waals surface area contributed by atoms with Crippen molar-refractivity contribution in [1.29, 1.82) is 0 Å². The fourth-order valence-corrected chi connectivity index (χ4v) is 1.99. The van der Waals surface area contributed by atoms with E-state index in [1.54, 1.807) is 0 Å². The van der Waals surface area contributed by atoms with Gasteiger partial charge in [0.15, 0.2) is 10.8 Å². The van der Waals surface area contributed by atoms with Crippen molar-refractivity contribution in [3.05, 3.63) is 38.3 Å². The molecular formula is C9H8ClN5O3S. The smallest absolute Gasteiger partial charge is 0.312 e. The van der Waals surface area contributed by atoms with Gasteiger partial charge in [-0.05, 0) is 12.1 Å². The van der Waals surface area contributed by atoms with E-state index < -0.39 is 4.92 Å². The molecule has 0 amide bonds. The molecule has 3 N–H and O–H groups in total. The van der Waals surface area contributed by atoms with Gasteiger partial charge < -0.3 is 4.74 Å². The average molecular weight is 302 g/mol. The molecule has 10 heteroatoms. The van der Waals surface area contributed by atoms with E-state index >= 15 is 0 Å². The highest BCUT2D eigenvalue weighted by atomic mass is 35.5. The molecule has 19 heavy (non-hydrogen) atoms. The summed E-state index contributed by atoms with van der Waals surface area (Å²) in [5.74, 6) is 5.28. The molecule has 0 aliphatic rings. The van der Waals surface area contributed by atoms with Gasteiger partial charge in [-0.15, -0.1) is 10.2 Å².